The van der Waals surface area contributed by atoms with Gasteiger partial charge in [0.2, 0.25) is 5.91 Å². The van der Waals surface area contributed by atoms with Gasteiger partial charge in [0.1, 0.15) is 5.75 Å². The quantitative estimate of drug-likeness (QED) is 0.692. The maximum atomic E-state index is 13.0. The molecule has 2 saturated heterocycles. The first-order chi connectivity index (χ1) is 14.7. The molecular weight excluding hydrogens is 378 g/mol. The standard InChI is InChI=1S/C24H27N3O3/c1-30-21-11-9-20(10-12-21)27-23(28)18-22(24(27)29)26-16-14-25(15-17-26)13-5-8-19-6-3-2-4-7-19/h2-12,22H,13-18H2,1H3/b8-5+. The minimum atomic E-state index is -0.360. The van der Waals surface area contributed by atoms with Crippen LogP contribution in [0, 0.1) is 0 Å². The molecule has 0 N–H and O–H groups in total. The van der Waals surface area contributed by atoms with Gasteiger partial charge in [-0.2, -0.15) is 0 Å². The number of carbonyl (C=O) groups is 2. The monoisotopic (exact) mass is 405 g/mol. The summed E-state index contributed by atoms with van der Waals surface area (Å²) in [6, 6.07) is 17.0. The van der Waals surface area contributed by atoms with Gasteiger partial charge in [-0.25, -0.2) is 4.90 Å². The Bertz CT molecular complexity index is 903. The Morgan fingerprint density at radius 3 is 2.33 bits per heavy atom. The molecule has 2 aliphatic rings. The third-order valence-corrected chi connectivity index (χ3v) is 5.77. The predicted molar refractivity (Wildman–Crippen MR) is 117 cm³/mol. The van der Waals surface area contributed by atoms with Crippen LogP contribution in [0.25, 0.3) is 6.08 Å². The molecule has 0 radical (unpaired) electrons. The number of amides is 2. The number of hydrogen-bond donors (Lipinski definition) is 0. The van der Waals surface area contributed by atoms with Crippen LogP contribution >= 0.6 is 0 Å². The molecule has 6 nitrogen and oxygen atoms in total. The fourth-order valence-corrected chi connectivity index (χ4v) is 4.06. The molecule has 0 saturated carbocycles. The van der Waals surface area contributed by atoms with Crippen molar-refractivity contribution in [2.24, 2.45) is 0 Å². The molecule has 2 amide bonds. The second kappa shape index (κ2) is 9.24. The van der Waals surface area contributed by atoms with Crippen molar-refractivity contribution >= 4 is 23.6 Å². The second-order valence-corrected chi connectivity index (χ2v) is 7.63. The van der Waals surface area contributed by atoms with E-state index in [2.05, 4.69) is 34.1 Å². The van der Waals surface area contributed by atoms with Crippen LogP contribution in [0.5, 0.6) is 5.75 Å². The Morgan fingerprint density at radius 1 is 0.967 bits per heavy atom. The largest absolute Gasteiger partial charge is 0.497 e. The summed E-state index contributed by atoms with van der Waals surface area (Å²) < 4.78 is 5.16. The van der Waals surface area contributed by atoms with Gasteiger partial charge in [-0.3, -0.25) is 19.4 Å². The lowest BCUT2D eigenvalue weighted by Crippen LogP contribution is -2.52. The molecule has 2 aromatic rings. The summed E-state index contributed by atoms with van der Waals surface area (Å²) in [5, 5.41) is 0. The van der Waals surface area contributed by atoms with Crippen molar-refractivity contribution in [1.82, 2.24) is 9.80 Å². The van der Waals surface area contributed by atoms with Gasteiger partial charge in [0.25, 0.3) is 5.91 Å². The van der Waals surface area contributed by atoms with Gasteiger partial charge in [-0.05, 0) is 29.8 Å². The van der Waals surface area contributed by atoms with Crippen LogP contribution in [0.4, 0.5) is 5.69 Å². The minimum absolute atomic E-state index is 0.123. The molecule has 4 rings (SSSR count). The Morgan fingerprint density at radius 2 is 1.67 bits per heavy atom. The molecule has 2 aromatic carbocycles. The Kier molecular flexibility index (Phi) is 6.26. The van der Waals surface area contributed by atoms with E-state index >= 15 is 0 Å². The van der Waals surface area contributed by atoms with Gasteiger partial charge in [0.15, 0.2) is 0 Å². The van der Waals surface area contributed by atoms with Crippen molar-refractivity contribution in [2.45, 2.75) is 12.5 Å². The van der Waals surface area contributed by atoms with Crippen LogP contribution in [0.1, 0.15) is 12.0 Å². The maximum Gasteiger partial charge on any atom is 0.251 e. The summed E-state index contributed by atoms with van der Waals surface area (Å²) in [4.78, 5) is 31.4. The highest BCUT2D eigenvalue weighted by Crippen LogP contribution is 2.27. The number of nitrogens with zero attached hydrogens (tertiary/aromatic N) is 3. The fourth-order valence-electron chi connectivity index (χ4n) is 4.06. The van der Waals surface area contributed by atoms with Crippen LogP contribution in [-0.4, -0.2) is 67.5 Å². The molecule has 2 aliphatic heterocycles. The molecule has 2 fully saturated rings. The maximum absolute atomic E-state index is 13.0. The van der Waals surface area contributed by atoms with Crippen molar-refractivity contribution in [3.8, 4) is 5.75 Å². The van der Waals surface area contributed by atoms with Crippen LogP contribution in [-0.2, 0) is 9.59 Å². The smallest absolute Gasteiger partial charge is 0.251 e. The third-order valence-electron chi connectivity index (χ3n) is 5.77. The van der Waals surface area contributed by atoms with Crippen molar-refractivity contribution in [3.63, 3.8) is 0 Å². The average molecular weight is 405 g/mol. The van der Waals surface area contributed by atoms with Crippen LogP contribution in [0.3, 0.4) is 0 Å². The molecule has 0 aromatic heterocycles. The number of carbonyl (C=O) groups excluding carboxylic acids is 2. The zero-order valence-corrected chi connectivity index (χ0v) is 17.2. The summed E-state index contributed by atoms with van der Waals surface area (Å²) >= 11 is 0. The topological polar surface area (TPSA) is 53.1 Å². The third kappa shape index (κ3) is 4.45. The van der Waals surface area contributed by atoms with E-state index in [9.17, 15) is 9.59 Å². The van der Waals surface area contributed by atoms with Gasteiger partial charge in [-0.15, -0.1) is 0 Å². The first-order valence-corrected chi connectivity index (χ1v) is 10.3. The SMILES string of the molecule is COc1ccc(N2C(=O)CC(N3CCN(C/C=C/c4ccccc4)CC3)C2=O)cc1. The normalized spacial score (nSPS) is 21.0. The summed E-state index contributed by atoms with van der Waals surface area (Å²) in [5.41, 5.74) is 1.81. The lowest BCUT2D eigenvalue weighted by molar-refractivity contribution is -0.123. The number of benzene rings is 2. The lowest BCUT2D eigenvalue weighted by Gasteiger charge is -2.36. The minimum Gasteiger partial charge on any atom is -0.497 e. The van der Waals surface area contributed by atoms with Gasteiger partial charge >= 0.3 is 0 Å². The molecule has 0 aliphatic carbocycles. The Balaban J connectivity index is 1.31. The van der Waals surface area contributed by atoms with E-state index in [0.717, 1.165) is 32.7 Å². The molecule has 0 spiro atoms. The van der Waals surface area contributed by atoms with Gasteiger partial charge in [-0.1, -0.05) is 42.5 Å². The highest BCUT2D eigenvalue weighted by molar-refractivity contribution is 6.22. The van der Waals surface area contributed by atoms with E-state index in [4.69, 9.17) is 4.74 Å². The van der Waals surface area contributed by atoms with E-state index in [1.807, 2.05) is 18.2 Å². The number of piperazine rings is 1. The number of rotatable bonds is 6. The number of imide groups is 1. The number of anilines is 1. The van der Waals surface area contributed by atoms with Crippen molar-refractivity contribution in [3.05, 3.63) is 66.2 Å². The summed E-state index contributed by atoms with van der Waals surface area (Å²) in [5.74, 6) is 0.442. The predicted octanol–water partition coefficient (Wildman–Crippen LogP) is 2.66. The Hall–Kier alpha value is -2.96. The van der Waals surface area contributed by atoms with Crippen LogP contribution in [0.2, 0.25) is 0 Å². The molecule has 1 atom stereocenters. The molecule has 6 heteroatoms. The van der Waals surface area contributed by atoms with Gasteiger partial charge in [0, 0.05) is 32.7 Å². The highest BCUT2D eigenvalue weighted by atomic mass is 16.5. The molecule has 1 unspecified atom stereocenters. The molecule has 2 heterocycles. The van der Waals surface area contributed by atoms with E-state index in [1.165, 1.54) is 10.5 Å². The number of hydrogen-bond acceptors (Lipinski definition) is 5. The average Bonchev–Trinajstić information content (AvgIpc) is 3.09. The van der Waals surface area contributed by atoms with E-state index in [-0.39, 0.29) is 24.3 Å². The zero-order chi connectivity index (χ0) is 20.9. The molecule has 0 bridgehead atoms. The van der Waals surface area contributed by atoms with Crippen LogP contribution < -0.4 is 9.64 Å². The van der Waals surface area contributed by atoms with E-state index in [1.54, 1.807) is 31.4 Å². The first kappa shape index (κ1) is 20.3. The number of methoxy groups -OCH3 is 1. The fraction of sp³-hybridized carbons (Fsp3) is 0.333. The lowest BCUT2D eigenvalue weighted by atomic mass is 10.1. The summed E-state index contributed by atoms with van der Waals surface area (Å²) in [6.45, 7) is 4.25. The van der Waals surface area contributed by atoms with E-state index in [0.29, 0.717) is 11.4 Å². The number of ether oxygens (including phenoxy) is 1. The van der Waals surface area contributed by atoms with E-state index < -0.39 is 0 Å². The van der Waals surface area contributed by atoms with Gasteiger partial charge < -0.3 is 4.74 Å². The molecule has 30 heavy (non-hydrogen) atoms. The van der Waals surface area contributed by atoms with Crippen molar-refractivity contribution in [1.29, 1.82) is 0 Å². The van der Waals surface area contributed by atoms with Crippen molar-refractivity contribution < 1.29 is 14.3 Å². The Labute approximate surface area is 177 Å². The second-order valence-electron chi connectivity index (χ2n) is 7.63. The summed E-state index contributed by atoms with van der Waals surface area (Å²) in [7, 11) is 1.59. The highest BCUT2D eigenvalue weighted by Gasteiger charge is 2.43. The summed E-state index contributed by atoms with van der Waals surface area (Å²) in [6.07, 6.45) is 4.57. The molecular formula is C24H27N3O3. The zero-order valence-electron chi connectivity index (χ0n) is 17.2. The van der Waals surface area contributed by atoms with Crippen LogP contribution in [0.15, 0.2) is 60.7 Å². The molecule has 156 valence electrons. The first-order valence-electron chi connectivity index (χ1n) is 10.3. The van der Waals surface area contributed by atoms with Gasteiger partial charge in [0.05, 0.1) is 25.3 Å². The van der Waals surface area contributed by atoms with Crippen molar-refractivity contribution in [2.75, 3.05) is 44.7 Å².